The Balaban J connectivity index is 0.00000400. The number of amides is 1. The van der Waals surface area contributed by atoms with Gasteiger partial charge in [-0.2, -0.15) is 0 Å². The summed E-state index contributed by atoms with van der Waals surface area (Å²) in [6.07, 6.45) is 4.14. The standard InChI is InChI=1S/C14H22N4O2.HI/c1-4-8-15-14(17-11-13(19)18(2)3)16-9-7-12-6-5-10-20-12;/h4-6,10H,1,7-9,11H2,2-3H3,(H2,15,16,17);1H. The molecule has 0 atom stereocenters. The largest absolute Gasteiger partial charge is 0.469 e. The Morgan fingerprint density at radius 3 is 2.81 bits per heavy atom. The highest BCUT2D eigenvalue weighted by Gasteiger charge is 2.04. The number of carbonyl (C=O) groups excluding carboxylic acids is 1. The second-order valence-corrected chi connectivity index (χ2v) is 4.38. The third-order valence-corrected chi connectivity index (χ3v) is 2.53. The summed E-state index contributed by atoms with van der Waals surface area (Å²) in [6, 6.07) is 3.78. The zero-order valence-electron chi connectivity index (χ0n) is 12.5. The second-order valence-electron chi connectivity index (χ2n) is 4.38. The van der Waals surface area contributed by atoms with Gasteiger partial charge >= 0.3 is 0 Å². The maximum atomic E-state index is 11.5. The van der Waals surface area contributed by atoms with Crippen molar-refractivity contribution in [3.63, 3.8) is 0 Å². The number of carbonyl (C=O) groups is 1. The lowest BCUT2D eigenvalue weighted by Gasteiger charge is -2.12. The van der Waals surface area contributed by atoms with E-state index in [0.717, 1.165) is 12.2 Å². The van der Waals surface area contributed by atoms with E-state index in [1.807, 2.05) is 12.1 Å². The lowest BCUT2D eigenvalue weighted by molar-refractivity contribution is -0.127. The minimum Gasteiger partial charge on any atom is -0.469 e. The van der Waals surface area contributed by atoms with Gasteiger partial charge in [-0.1, -0.05) is 6.08 Å². The van der Waals surface area contributed by atoms with Crippen molar-refractivity contribution >= 4 is 35.8 Å². The highest BCUT2D eigenvalue weighted by Crippen LogP contribution is 1.99. The molecule has 0 aliphatic heterocycles. The molecule has 0 spiro atoms. The Morgan fingerprint density at radius 2 is 2.24 bits per heavy atom. The predicted octanol–water partition coefficient (Wildman–Crippen LogP) is 1.25. The molecule has 1 aromatic rings. The summed E-state index contributed by atoms with van der Waals surface area (Å²) >= 11 is 0. The molecule has 118 valence electrons. The van der Waals surface area contributed by atoms with Crippen LogP contribution >= 0.6 is 24.0 Å². The first-order valence-corrected chi connectivity index (χ1v) is 6.49. The Morgan fingerprint density at radius 1 is 1.48 bits per heavy atom. The number of furan rings is 1. The molecule has 21 heavy (non-hydrogen) atoms. The number of hydrogen-bond donors (Lipinski definition) is 2. The van der Waals surface area contributed by atoms with Crippen molar-refractivity contribution in [1.82, 2.24) is 15.5 Å². The van der Waals surface area contributed by atoms with Gasteiger partial charge in [-0.05, 0) is 12.1 Å². The monoisotopic (exact) mass is 406 g/mol. The first-order valence-electron chi connectivity index (χ1n) is 6.49. The first kappa shape index (κ1) is 19.5. The van der Waals surface area contributed by atoms with Gasteiger partial charge < -0.3 is 20.0 Å². The van der Waals surface area contributed by atoms with Gasteiger partial charge in [0.15, 0.2) is 5.96 Å². The van der Waals surface area contributed by atoms with Crippen LogP contribution in [0, 0.1) is 0 Å². The van der Waals surface area contributed by atoms with Crippen molar-refractivity contribution in [3.8, 4) is 0 Å². The second kappa shape index (κ2) is 11.2. The van der Waals surface area contributed by atoms with Crippen LogP contribution in [0.15, 0.2) is 40.5 Å². The summed E-state index contributed by atoms with van der Waals surface area (Å²) in [5.74, 6) is 1.45. The minimum atomic E-state index is -0.0456. The van der Waals surface area contributed by atoms with Crippen molar-refractivity contribution in [3.05, 3.63) is 36.8 Å². The molecule has 0 saturated carbocycles. The van der Waals surface area contributed by atoms with Gasteiger partial charge in [0.25, 0.3) is 0 Å². The molecule has 2 N–H and O–H groups in total. The maximum Gasteiger partial charge on any atom is 0.243 e. The van der Waals surface area contributed by atoms with Crippen LogP contribution in [0.1, 0.15) is 5.76 Å². The molecule has 0 aromatic carbocycles. The Labute approximate surface area is 142 Å². The number of nitrogens with zero attached hydrogens (tertiary/aromatic N) is 2. The van der Waals surface area contributed by atoms with E-state index < -0.39 is 0 Å². The SMILES string of the molecule is C=CCNC(=NCC(=O)N(C)C)NCCc1ccco1.I. The van der Waals surface area contributed by atoms with Gasteiger partial charge in [-0.15, -0.1) is 30.6 Å². The summed E-state index contributed by atoms with van der Waals surface area (Å²) in [5.41, 5.74) is 0. The highest BCUT2D eigenvalue weighted by atomic mass is 127. The molecule has 0 radical (unpaired) electrons. The fraction of sp³-hybridized carbons (Fsp3) is 0.429. The van der Waals surface area contributed by atoms with Gasteiger partial charge in [0, 0.05) is 33.6 Å². The number of rotatable bonds is 7. The van der Waals surface area contributed by atoms with Crippen LogP contribution in [0.2, 0.25) is 0 Å². The third kappa shape index (κ3) is 8.38. The summed E-state index contributed by atoms with van der Waals surface area (Å²) in [4.78, 5) is 17.2. The zero-order chi connectivity index (χ0) is 14.8. The normalized spacial score (nSPS) is 10.5. The zero-order valence-corrected chi connectivity index (χ0v) is 14.8. The van der Waals surface area contributed by atoms with Gasteiger partial charge in [-0.25, -0.2) is 4.99 Å². The number of aliphatic imine (C=N–C) groups is 1. The number of hydrogen-bond acceptors (Lipinski definition) is 3. The van der Waals surface area contributed by atoms with Crippen LogP contribution < -0.4 is 10.6 Å². The highest BCUT2D eigenvalue weighted by molar-refractivity contribution is 14.0. The Kier molecular flexibility index (Phi) is 10.4. The van der Waals surface area contributed by atoms with Crippen molar-refractivity contribution in [2.24, 2.45) is 4.99 Å². The fourth-order valence-electron chi connectivity index (χ4n) is 1.39. The number of nitrogens with one attached hydrogen (secondary N) is 2. The molecule has 7 heteroatoms. The van der Waals surface area contributed by atoms with Crippen LogP contribution in [-0.4, -0.2) is 50.5 Å². The van der Waals surface area contributed by atoms with E-state index in [0.29, 0.717) is 19.0 Å². The van der Waals surface area contributed by atoms with Crippen molar-refractivity contribution in [1.29, 1.82) is 0 Å². The average molecular weight is 406 g/mol. The van der Waals surface area contributed by atoms with Crippen molar-refractivity contribution < 1.29 is 9.21 Å². The summed E-state index contributed by atoms with van der Waals surface area (Å²) in [6.45, 7) is 5.01. The van der Waals surface area contributed by atoms with Crippen LogP contribution in [0.25, 0.3) is 0 Å². The molecular weight excluding hydrogens is 383 g/mol. The predicted molar refractivity (Wildman–Crippen MR) is 95.0 cm³/mol. The van der Waals surface area contributed by atoms with E-state index in [-0.39, 0.29) is 36.4 Å². The van der Waals surface area contributed by atoms with E-state index in [2.05, 4.69) is 22.2 Å². The smallest absolute Gasteiger partial charge is 0.243 e. The van der Waals surface area contributed by atoms with Crippen molar-refractivity contribution in [2.45, 2.75) is 6.42 Å². The summed E-state index contributed by atoms with van der Waals surface area (Å²) < 4.78 is 5.25. The van der Waals surface area contributed by atoms with Crippen LogP contribution in [-0.2, 0) is 11.2 Å². The molecule has 1 heterocycles. The van der Waals surface area contributed by atoms with Gasteiger partial charge in [0.05, 0.1) is 6.26 Å². The summed E-state index contributed by atoms with van der Waals surface area (Å²) in [5, 5.41) is 6.21. The number of likely N-dealkylation sites (N-methyl/N-ethyl adjacent to an activating group) is 1. The molecule has 6 nitrogen and oxygen atoms in total. The van der Waals surface area contributed by atoms with E-state index in [1.165, 1.54) is 4.90 Å². The first-order chi connectivity index (χ1) is 9.63. The van der Waals surface area contributed by atoms with Crippen LogP contribution in [0.4, 0.5) is 0 Å². The quantitative estimate of drug-likeness (QED) is 0.310. The Bertz CT molecular complexity index is 444. The van der Waals surface area contributed by atoms with E-state index in [9.17, 15) is 4.79 Å². The molecule has 0 unspecified atom stereocenters. The molecule has 0 fully saturated rings. The van der Waals surface area contributed by atoms with Gasteiger partial charge in [-0.3, -0.25) is 4.79 Å². The molecule has 1 aromatic heterocycles. The third-order valence-electron chi connectivity index (χ3n) is 2.53. The molecule has 0 saturated heterocycles. The minimum absolute atomic E-state index is 0. The topological polar surface area (TPSA) is 69.9 Å². The molecule has 0 aliphatic carbocycles. The molecule has 1 rings (SSSR count). The van der Waals surface area contributed by atoms with Crippen molar-refractivity contribution in [2.75, 3.05) is 33.7 Å². The maximum absolute atomic E-state index is 11.5. The summed E-state index contributed by atoms with van der Waals surface area (Å²) in [7, 11) is 3.41. The number of halogens is 1. The van der Waals surface area contributed by atoms with Crippen LogP contribution in [0.5, 0.6) is 0 Å². The van der Waals surface area contributed by atoms with Crippen LogP contribution in [0.3, 0.4) is 0 Å². The van der Waals surface area contributed by atoms with Gasteiger partial charge in [0.1, 0.15) is 12.3 Å². The van der Waals surface area contributed by atoms with E-state index in [4.69, 9.17) is 4.42 Å². The molecular formula is C14H23IN4O2. The molecule has 1 amide bonds. The number of guanidine groups is 1. The van der Waals surface area contributed by atoms with E-state index >= 15 is 0 Å². The van der Waals surface area contributed by atoms with Gasteiger partial charge in [0.2, 0.25) is 5.91 Å². The fourth-order valence-corrected chi connectivity index (χ4v) is 1.39. The molecule has 0 bridgehead atoms. The molecule has 0 aliphatic rings. The lowest BCUT2D eigenvalue weighted by atomic mass is 10.3. The lowest BCUT2D eigenvalue weighted by Crippen LogP contribution is -2.39. The average Bonchev–Trinajstić information content (AvgIpc) is 2.93. The Hall–Kier alpha value is -1.51. The van der Waals surface area contributed by atoms with E-state index in [1.54, 1.807) is 26.4 Å².